The molecule has 6 heteroatoms. The van der Waals surface area contributed by atoms with Crippen LogP contribution >= 0.6 is 11.3 Å². The Morgan fingerprint density at radius 2 is 1.68 bits per heavy atom. The highest BCUT2D eigenvalue weighted by molar-refractivity contribution is 7.16. The maximum Gasteiger partial charge on any atom is 0.260 e. The minimum absolute atomic E-state index is 0.0981. The molecule has 3 aromatic carbocycles. The van der Waals surface area contributed by atoms with Crippen LogP contribution in [0.1, 0.15) is 31.9 Å². The molecular formula is C25H25N3O2S. The molecule has 0 aliphatic carbocycles. The minimum Gasteiger partial charge on any atom is -0.505 e. The lowest BCUT2D eigenvalue weighted by Crippen LogP contribution is -2.15. The molecule has 4 aromatic rings. The second-order valence-electron chi connectivity index (χ2n) is 7.68. The van der Waals surface area contributed by atoms with Gasteiger partial charge in [-0.1, -0.05) is 36.4 Å². The number of phenols is 1. The van der Waals surface area contributed by atoms with Gasteiger partial charge >= 0.3 is 0 Å². The van der Waals surface area contributed by atoms with Gasteiger partial charge in [-0.3, -0.25) is 15.6 Å². The number of benzene rings is 3. The van der Waals surface area contributed by atoms with E-state index >= 15 is 0 Å². The maximum atomic E-state index is 13.2. The average Bonchev–Trinajstić information content (AvgIpc) is 2.99. The summed E-state index contributed by atoms with van der Waals surface area (Å²) in [6.45, 7) is 8.20. The zero-order valence-corrected chi connectivity index (χ0v) is 18.8. The van der Waals surface area contributed by atoms with Crippen LogP contribution in [0.15, 0.2) is 54.6 Å². The number of anilines is 3. The van der Waals surface area contributed by atoms with Crippen molar-refractivity contribution in [1.29, 1.82) is 0 Å². The van der Waals surface area contributed by atoms with Crippen molar-refractivity contribution >= 4 is 44.4 Å². The molecule has 158 valence electrons. The average molecular weight is 432 g/mol. The van der Waals surface area contributed by atoms with E-state index in [1.807, 2.05) is 61.5 Å². The first-order chi connectivity index (χ1) is 14.8. The fourth-order valence-corrected chi connectivity index (χ4v) is 4.58. The lowest BCUT2D eigenvalue weighted by molar-refractivity contribution is 0.102. The first kappa shape index (κ1) is 20.8. The Morgan fingerprint density at radius 1 is 0.903 bits per heavy atom. The van der Waals surface area contributed by atoms with E-state index in [1.165, 1.54) is 10.4 Å². The summed E-state index contributed by atoms with van der Waals surface area (Å²) in [6.07, 6.45) is 0. The van der Waals surface area contributed by atoms with Crippen molar-refractivity contribution in [2.75, 3.05) is 16.2 Å². The van der Waals surface area contributed by atoms with Gasteiger partial charge in [0.1, 0.15) is 5.00 Å². The molecule has 0 radical (unpaired) electrons. The summed E-state index contributed by atoms with van der Waals surface area (Å²) in [5, 5.41) is 16.5. The van der Waals surface area contributed by atoms with Crippen LogP contribution in [0.2, 0.25) is 0 Å². The summed E-state index contributed by atoms with van der Waals surface area (Å²) in [4.78, 5) is 14.4. The van der Waals surface area contributed by atoms with Gasteiger partial charge in [-0.05, 0) is 73.4 Å². The standard InChI is InChI=1S/C25H25N3O2S/c1-14-8-7-10-19(12-14)26-24(30)22-20-11-6-5-9-18(20)13-21(23(22)29)27-28-25-16(3)15(2)17(4)31-25/h5-13,27-29H,1-4H3,(H,26,30). The van der Waals surface area contributed by atoms with Crippen molar-refractivity contribution in [1.82, 2.24) is 0 Å². The Bertz CT molecular complexity index is 1290. The molecular weight excluding hydrogens is 406 g/mol. The van der Waals surface area contributed by atoms with E-state index in [1.54, 1.807) is 11.3 Å². The van der Waals surface area contributed by atoms with Gasteiger partial charge in [-0.25, -0.2) is 0 Å². The molecule has 4 rings (SSSR count). The molecule has 4 N–H and O–H groups in total. The van der Waals surface area contributed by atoms with Crippen molar-refractivity contribution in [3.63, 3.8) is 0 Å². The van der Waals surface area contributed by atoms with Gasteiger partial charge in [0.25, 0.3) is 5.91 Å². The predicted molar refractivity (Wildman–Crippen MR) is 131 cm³/mol. The first-order valence-electron chi connectivity index (χ1n) is 10.1. The van der Waals surface area contributed by atoms with Crippen LogP contribution in [0, 0.1) is 27.7 Å². The summed E-state index contributed by atoms with van der Waals surface area (Å²) < 4.78 is 0. The van der Waals surface area contributed by atoms with Crippen molar-refractivity contribution in [2.24, 2.45) is 0 Å². The summed E-state index contributed by atoms with van der Waals surface area (Å²) in [5.74, 6) is -0.457. The number of thiophene rings is 1. The van der Waals surface area contributed by atoms with E-state index in [9.17, 15) is 9.90 Å². The number of carbonyl (C=O) groups excluding carboxylic acids is 1. The van der Waals surface area contributed by atoms with Crippen molar-refractivity contribution in [3.8, 4) is 5.75 Å². The van der Waals surface area contributed by atoms with Crippen LogP contribution in [0.3, 0.4) is 0 Å². The maximum absolute atomic E-state index is 13.2. The third-order valence-electron chi connectivity index (χ3n) is 5.52. The molecule has 0 fully saturated rings. The molecule has 1 amide bonds. The Balaban J connectivity index is 1.71. The number of nitrogens with one attached hydrogen (secondary N) is 3. The third kappa shape index (κ3) is 4.07. The molecule has 0 spiro atoms. The van der Waals surface area contributed by atoms with Gasteiger partial charge < -0.3 is 10.4 Å². The number of fused-ring (bicyclic) bond motifs is 1. The Morgan fingerprint density at radius 3 is 2.39 bits per heavy atom. The number of hydrogen-bond acceptors (Lipinski definition) is 5. The second kappa shape index (κ2) is 8.32. The highest BCUT2D eigenvalue weighted by Gasteiger charge is 2.20. The number of hydrazine groups is 1. The topological polar surface area (TPSA) is 73.4 Å². The Kier molecular flexibility index (Phi) is 5.57. The summed E-state index contributed by atoms with van der Waals surface area (Å²) in [6, 6.07) is 17.0. The number of hydrogen-bond donors (Lipinski definition) is 4. The molecule has 0 bridgehead atoms. The summed E-state index contributed by atoms with van der Waals surface area (Å²) in [7, 11) is 0. The van der Waals surface area contributed by atoms with Crippen molar-refractivity contribution in [2.45, 2.75) is 27.7 Å². The van der Waals surface area contributed by atoms with Gasteiger partial charge in [0.05, 0.1) is 11.3 Å². The fraction of sp³-hybridized carbons (Fsp3) is 0.160. The lowest BCUT2D eigenvalue weighted by atomic mass is 10.0. The van der Waals surface area contributed by atoms with E-state index < -0.39 is 0 Å². The SMILES string of the molecule is Cc1cccc(NC(=O)c2c(O)c(NNc3sc(C)c(C)c3C)cc3ccccc23)c1. The Hall–Kier alpha value is -3.51. The van der Waals surface area contributed by atoms with E-state index in [0.29, 0.717) is 16.8 Å². The number of aryl methyl sites for hydroxylation is 2. The predicted octanol–water partition coefficient (Wildman–Crippen LogP) is 6.53. The molecule has 0 atom stereocenters. The number of carbonyl (C=O) groups is 1. The number of amides is 1. The third-order valence-corrected chi connectivity index (χ3v) is 6.75. The normalized spacial score (nSPS) is 10.8. The smallest absolute Gasteiger partial charge is 0.260 e. The van der Waals surface area contributed by atoms with Gasteiger partial charge in [0, 0.05) is 10.6 Å². The van der Waals surface area contributed by atoms with Crippen molar-refractivity contribution < 1.29 is 9.90 Å². The Labute approximate surface area is 185 Å². The lowest BCUT2D eigenvalue weighted by Gasteiger charge is -2.16. The van der Waals surface area contributed by atoms with Crippen LogP contribution < -0.4 is 16.2 Å². The molecule has 0 saturated heterocycles. The van der Waals surface area contributed by atoms with Gasteiger partial charge in [-0.15, -0.1) is 11.3 Å². The van der Waals surface area contributed by atoms with E-state index in [-0.39, 0.29) is 17.2 Å². The zero-order valence-electron chi connectivity index (χ0n) is 18.0. The van der Waals surface area contributed by atoms with Crippen LogP contribution in [0.5, 0.6) is 5.75 Å². The second-order valence-corrected chi connectivity index (χ2v) is 8.90. The van der Waals surface area contributed by atoms with Crippen LogP contribution in [-0.4, -0.2) is 11.0 Å². The minimum atomic E-state index is -0.359. The molecule has 0 unspecified atom stereocenters. The van der Waals surface area contributed by atoms with Gasteiger partial charge in [-0.2, -0.15) is 0 Å². The van der Waals surface area contributed by atoms with E-state index in [4.69, 9.17) is 0 Å². The molecule has 0 saturated carbocycles. The highest BCUT2D eigenvalue weighted by atomic mass is 32.1. The number of aromatic hydroxyl groups is 1. The van der Waals surface area contributed by atoms with Gasteiger partial charge in [0.2, 0.25) is 0 Å². The first-order valence-corrected chi connectivity index (χ1v) is 10.9. The van der Waals surface area contributed by atoms with E-state index in [2.05, 4.69) is 36.9 Å². The monoisotopic (exact) mass is 431 g/mol. The van der Waals surface area contributed by atoms with Crippen LogP contribution in [0.4, 0.5) is 16.4 Å². The molecule has 31 heavy (non-hydrogen) atoms. The van der Waals surface area contributed by atoms with Crippen LogP contribution in [-0.2, 0) is 0 Å². The molecule has 1 aromatic heterocycles. The fourth-order valence-electron chi connectivity index (χ4n) is 3.56. The van der Waals surface area contributed by atoms with Crippen LogP contribution in [0.25, 0.3) is 10.8 Å². The van der Waals surface area contributed by atoms with E-state index in [0.717, 1.165) is 21.5 Å². The zero-order chi connectivity index (χ0) is 22.1. The highest BCUT2D eigenvalue weighted by Crippen LogP contribution is 2.37. The molecule has 1 heterocycles. The summed E-state index contributed by atoms with van der Waals surface area (Å²) >= 11 is 1.65. The quantitative estimate of drug-likeness (QED) is 0.214. The largest absolute Gasteiger partial charge is 0.505 e. The van der Waals surface area contributed by atoms with Crippen molar-refractivity contribution in [3.05, 3.63) is 81.7 Å². The number of phenolic OH excluding ortho intramolecular Hbond substituents is 1. The summed E-state index contributed by atoms with van der Waals surface area (Å²) in [5.41, 5.74) is 11.1. The molecule has 5 nitrogen and oxygen atoms in total. The molecule has 0 aliphatic rings. The number of rotatable bonds is 5. The molecule has 0 aliphatic heterocycles. The van der Waals surface area contributed by atoms with Gasteiger partial charge in [0.15, 0.2) is 5.75 Å².